The minimum Gasteiger partial charge on any atom is -0.508 e. The molecule has 3 N–H and O–H groups in total. The Morgan fingerprint density at radius 3 is 1.87 bits per heavy atom. The Hall–Kier alpha value is -1.55. The number of hydrogen-bond donors (Lipinski definition) is 3. The molecule has 1 aromatic carbocycles. The highest BCUT2D eigenvalue weighted by atomic mass is 16.4. The molecule has 0 spiro atoms. The van der Waals surface area contributed by atoms with Gasteiger partial charge in [0.05, 0.1) is 0 Å². The molecule has 1 rings (SSSR count). The van der Waals surface area contributed by atoms with Gasteiger partial charge < -0.3 is 15.3 Å². The van der Waals surface area contributed by atoms with Crippen LogP contribution in [-0.2, 0) is 4.79 Å². The van der Waals surface area contributed by atoms with Crippen molar-refractivity contribution in [1.29, 1.82) is 0 Å². The lowest BCUT2D eigenvalue weighted by molar-refractivity contribution is -0.154. The normalized spacial score (nSPS) is 10.1. The summed E-state index contributed by atoms with van der Waals surface area (Å²) in [5.41, 5.74) is -0.660. The largest absolute Gasteiger partial charge is 0.508 e. The zero-order valence-corrected chi connectivity index (χ0v) is 9.06. The van der Waals surface area contributed by atoms with E-state index in [9.17, 15) is 4.79 Å². The monoisotopic (exact) mass is 212 g/mol. The van der Waals surface area contributed by atoms with E-state index in [1.165, 1.54) is 13.8 Å². The van der Waals surface area contributed by atoms with Crippen LogP contribution in [0.4, 0.5) is 0 Å². The molecule has 0 heterocycles. The zero-order chi connectivity index (χ0) is 12.1. The molecule has 0 bridgehead atoms. The van der Waals surface area contributed by atoms with Crippen molar-refractivity contribution in [1.82, 2.24) is 0 Å². The number of carboxylic acids is 1. The van der Waals surface area contributed by atoms with Crippen LogP contribution >= 0.6 is 0 Å². The lowest BCUT2D eigenvalue weighted by Crippen LogP contribution is -2.30. The fraction of sp³-hybridized carbons (Fsp3) is 0.364. The minimum atomic E-state index is -1.58. The van der Waals surface area contributed by atoms with Crippen LogP contribution in [0, 0.1) is 6.92 Å². The summed E-state index contributed by atoms with van der Waals surface area (Å²) < 4.78 is 0. The number of aliphatic hydroxyl groups is 1. The van der Waals surface area contributed by atoms with Crippen molar-refractivity contribution in [2.75, 3.05) is 0 Å². The number of para-hydroxylation sites is 1. The summed E-state index contributed by atoms with van der Waals surface area (Å²) in [4.78, 5) is 9.77. The van der Waals surface area contributed by atoms with Gasteiger partial charge in [0, 0.05) is 0 Å². The minimum absolute atomic E-state index is 0.368. The number of benzene rings is 1. The van der Waals surface area contributed by atoms with Crippen LogP contribution in [0.15, 0.2) is 24.3 Å². The lowest BCUT2D eigenvalue weighted by atomic mass is 10.1. The highest BCUT2D eigenvalue weighted by Gasteiger charge is 2.21. The molecule has 0 atom stereocenters. The second kappa shape index (κ2) is 5.36. The quantitative estimate of drug-likeness (QED) is 0.660. The molecule has 0 aromatic heterocycles. The number of phenolic OH excluding ortho intramolecular Hbond substituents is 1. The highest BCUT2D eigenvalue weighted by molar-refractivity contribution is 5.75. The first-order chi connectivity index (χ1) is 6.75. The Kier molecular flexibility index (Phi) is 4.81. The Morgan fingerprint density at radius 2 is 1.67 bits per heavy atom. The second-order valence-corrected chi connectivity index (χ2v) is 3.65. The number of aliphatic carboxylic acids is 1. The van der Waals surface area contributed by atoms with Crippen LogP contribution in [0.25, 0.3) is 0 Å². The van der Waals surface area contributed by atoms with Gasteiger partial charge in [-0.25, -0.2) is 4.79 Å². The molecule has 4 nitrogen and oxygen atoms in total. The van der Waals surface area contributed by atoms with Crippen LogP contribution in [0.2, 0.25) is 0 Å². The number of aromatic hydroxyl groups is 1. The van der Waals surface area contributed by atoms with Gasteiger partial charge in [0.1, 0.15) is 5.75 Å². The predicted molar refractivity (Wildman–Crippen MR) is 56.8 cm³/mol. The highest BCUT2D eigenvalue weighted by Crippen LogP contribution is 2.12. The van der Waals surface area contributed by atoms with Crippen molar-refractivity contribution in [3.63, 3.8) is 0 Å². The van der Waals surface area contributed by atoms with E-state index in [1.807, 2.05) is 25.1 Å². The van der Waals surface area contributed by atoms with Gasteiger partial charge in [-0.15, -0.1) is 0 Å². The Morgan fingerprint density at radius 1 is 1.27 bits per heavy atom. The van der Waals surface area contributed by atoms with Gasteiger partial charge in [-0.05, 0) is 32.4 Å². The van der Waals surface area contributed by atoms with E-state index in [1.54, 1.807) is 6.07 Å². The van der Waals surface area contributed by atoms with Gasteiger partial charge in [-0.2, -0.15) is 0 Å². The van der Waals surface area contributed by atoms with E-state index in [0.29, 0.717) is 5.75 Å². The third kappa shape index (κ3) is 5.70. The maximum Gasteiger partial charge on any atom is 0.335 e. The van der Waals surface area contributed by atoms with Crippen molar-refractivity contribution in [2.45, 2.75) is 26.4 Å². The lowest BCUT2D eigenvalue weighted by Gasteiger charge is -2.07. The average Bonchev–Trinajstić information content (AvgIpc) is 2.09. The first kappa shape index (κ1) is 13.4. The van der Waals surface area contributed by atoms with Crippen molar-refractivity contribution < 1.29 is 20.1 Å². The van der Waals surface area contributed by atoms with Gasteiger partial charge in [-0.1, -0.05) is 18.2 Å². The molecule has 15 heavy (non-hydrogen) atoms. The first-order valence-electron chi connectivity index (χ1n) is 4.45. The van der Waals surface area contributed by atoms with E-state index in [4.69, 9.17) is 15.3 Å². The number of phenols is 1. The molecular formula is C11H16O4. The van der Waals surface area contributed by atoms with Crippen molar-refractivity contribution >= 4 is 5.97 Å². The summed E-state index contributed by atoms with van der Waals surface area (Å²) in [6.07, 6.45) is 0. The van der Waals surface area contributed by atoms with Crippen LogP contribution in [0.3, 0.4) is 0 Å². The topological polar surface area (TPSA) is 77.8 Å². The van der Waals surface area contributed by atoms with Gasteiger partial charge in [-0.3, -0.25) is 0 Å². The van der Waals surface area contributed by atoms with Crippen LogP contribution < -0.4 is 0 Å². The van der Waals surface area contributed by atoms with E-state index in [-0.39, 0.29) is 0 Å². The van der Waals surface area contributed by atoms with E-state index in [0.717, 1.165) is 5.56 Å². The molecule has 0 aliphatic heterocycles. The Labute approximate surface area is 88.8 Å². The molecule has 4 heteroatoms. The molecule has 0 fully saturated rings. The van der Waals surface area contributed by atoms with Crippen molar-refractivity contribution in [3.8, 4) is 5.75 Å². The van der Waals surface area contributed by atoms with Crippen LogP contribution in [-0.4, -0.2) is 26.9 Å². The summed E-state index contributed by atoms with van der Waals surface area (Å²) in [6.45, 7) is 4.31. The Balaban J connectivity index is 0.000000265. The molecule has 1 aromatic rings. The fourth-order valence-electron chi connectivity index (χ4n) is 0.563. The SMILES string of the molecule is CC(C)(O)C(=O)O.Cc1ccccc1O. The fourth-order valence-corrected chi connectivity index (χ4v) is 0.563. The standard InChI is InChI=1S/C7H8O.C4H8O3/c1-6-4-2-3-5-7(6)8;1-4(2,7)3(5)6/h2-5,8H,1H3;7H,1-2H3,(H,5,6). The summed E-state index contributed by atoms with van der Waals surface area (Å²) in [6, 6.07) is 7.25. The molecule has 84 valence electrons. The zero-order valence-electron chi connectivity index (χ0n) is 9.06. The summed E-state index contributed by atoms with van der Waals surface area (Å²) in [5, 5.41) is 25.4. The van der Waals surface area contributed by atoms with E-state index in [2.05, 4.69) is 0 Å². The first-order valence-corrected chi connectivity index (χ1v) is 4.45. The number of hydrogen-bond acceptors (Lipinski definition) is 3. The van der Waals surface area contributed by atoms with Crippen molar-refractivity contribution in [3.05, 3.63) is 29.8 Å². The summed E-state index contributed by atoms with van der Waals surface area (Å²) >= 11 is 0. The number of carboxylic acid groups (broad SMARTS) is 1. The molecule has 0 aliphatic carbocycles. The third-order valence-electron chi connectivity index (χ3n) is 1.64. The number of rotatable bonds is 1. The molecule has 0 saturated heterocycles. The maximum absolute atomic E-state index is 9.77. The van der Waals surface area contributed by atoms with E-state index >= 15 is 0 Å². The van der Waals surface area contributed by atoms with E-state index < -0.39 is 11.6 Å². The molecular weight excluding hydrogens is 196 g/mol. The second-order valence-electron chi connectivity index (χ2n) is 3.65. The molecule has 0 radical (unpaired) electrons. The van der Waals surface area contributed by atoms with Crippen LogP contribution in [0.5, 0.6) is 5.75 Å². The number of aryl methyl sites for hydroxylation is 1. The summed E-state index contributed by atoms with van der Waals surface area (Å²) in [7, 11) is 0. The molecule has 0 aliphatic rings. The van der Waals surface area contributed by atoms with Gasteiger partial charge in [0.2, 0.25) is 0 Å². The molecule has 0 unspecified atom stereocenters. The predicted octanol–water partition coefficient (Wildman–Crippen LogP) is 1.54. The summed E-state index contributed by atoms with van der Waals surface area (Å²) in [5.74, 6) is -0.833. The van der Waals surface area contributed by atoms with Crippen molar-refractivity contribution in [2.24, 2.45) is 0 Å². The number of carbonyl (C=O) groups is 1. The maximum atomic E-state index is 9.77. The van der Waals surface area contributed by atoms with Gasteiger partial charge in [0.25, 0.3) is 0 Å². The average molecular weight is 212 g/mol. The third-order valence-corrected chi connectivity index (χ3v) is 1.64. The van der Waals surface area contributed by atoms with Gasteiger partial charge in [0.15, 0.2) is 5.60 Å². The smallest absolute Gasteiger partial charge is 0.335 e. The van der Waals surface area contributed by atoms with Gasteiger partial charge >= 0.3 is 5.97 Å². The van der Waals surface area contributed by atoms with Crippen LogP contribution in [0.1, 0.15) is 19.4 Å². The molecule has 0 amide bonds. The Bertz CT molecular complexity index is 305. The molecule has 0 saturated carbocycles.